The topological polar surface area (TPSA) is 17.1 Å². The second kappa shape index (κ2) is 6.54. The van der Waals surface area contributed by atoms with Crippen LogP contribution in [0.5, 0.6) is 0 Å². The van der Waals surface area contributed by atoms with E-state index in [0.29, 0.717) is 5.78 Å². The van der Waals surface area contributed by atoms with Crippen LogP contribution in [-0.2, 0) is 4.79 Å². The Morgan fingerprint density at radius 1 is 0.944 bits per heavy atom. The van der Waals surface area contributed by atoms with Gasteiger partial charge in [-0.05, 0) is 16.4 Å². The number of Topliss-reactive ketones (excluding diaryl/α,β-unsaturated/α-hetero) is 1. The number of hydrogen-bond acceptors (Lipinski definition) is 1. The molecule has 0 unspecified atom stereocenters. The van der Waals surface area contributed by atoms with Crippen LogP contribution in [0.25, 0.3) is 0 Å². The molecule has 0 saturated carbocycles. The minimum atomic E-state index is -0.236. The van der Waals surface area contributed by atoms with Gasteiger partial charge in [0.05, 0.1) is 5.92 Å². The monoisotopic (exact) mass is 252 g/mol. The van der Waals surface area contributed by atoms with E-state index < -0.39 is 0 Å². The van der Waals surface area contributed by atoms with Crippen molar-refractivity contribution in [1.29, 1.82) is 0 Å². The quantitative estimate of drug-likeness (QED) is 0.746. The molecular formula is C16H17AlO. The first-order valence-electron chi connectivity index (χ1n) is 6.45. The Hall–Kier alpha value is -1.36. The van der Waals surface area contributed by atoms with Gasteiger partial charge in [-0.2, -0.15) is 0 Å². The summed E-state index contributed by atoms with van der Waals surface area (Å²) in [7, 11) is 0. The molecule has 2 aromatic carbocycles. The molecule has 0 atom stereocenters. The van der Waals surface area contributed by atoms with Crippen molar-refractivity contribution >= 4 is 21.0 Å². The van der Waals surface area contributed by atoms with Crippen LogP contribution in [0.15, 0.2) is 60.7 Å². The molecule has 0 aromatic heterocycles. The fourth-order valence-corrected chi connectivity index (χ4v) is 3.03. The van der Waals surface area contributed by atoms with Crippen molar-refractivity contribution < 1.29 is 4.79 Å². The van der Waals surface area contributed by atoms with Gasteiger partial charge in [0, 0.05) is 0 Å². The van der Waals surface area contributed by atoms with Crippen LogP contribution >= 0.6 is 0 Å². The maximum atomic E-state index is 12.4. The molecule has 0 N–H and O–H groups in total. The highest BCUT2D eigenvalue weighted by atomic mass is 27.1. The zero-order valence-electron chi connectivity index (χ0n) is 10.7. The first kappa shape index (κ1) is 13.1. The summed E-state index contributed by atoms with van der Waals surface area (Å²) in [5.74, 6) is 2.46. The van der Waals surface area contributed by atoms with Crippen LogP contribution in [0.3, 0.4) is 0 Å². The predicted octanol–water partition coefficient (Wildman–Crippen LogP) is 3.29. The summed E-state index contributed by atoms with van der Waals surface area (Å²) in [5, 5.41) is 0.772. The summed E-state index contributed by atoms with van der Waals surface area (Å²) >= 11 is -0.236. The number of hydrogen-bond donors (Lipinski definition) is 0. The second-order valence-electron chi connectivity index (χ2n) is 4.47. The Morgan fingerprint density at radius 3 is 1.78 bits per heavy atom. The van der Waals surface area contributed by atoms with Gasteiger partial charge < -0.3 is 4.79 Å². The van der Waals surface area contributed by atoms with Crippen molar-refractivity contribution in [2.45, 2.75) is 17.0 Å². The summed E-state index contributed by atoms with van der Waals surface area (Å²) in [4.78, 5) is 12.4. The fraction of sp³-hybridized carbons (Fsp3) is 0.188. The summed E-state index contributed by atoms with van der Waals surface area (Å²) in [6.45, 7) is 0. The van der Waals surface area contributed by atoms with E-state index in [4.69, 9.17) is 0 Å². The lowest BCUT2D eigenvalue weighted by Crippen LogP contribution is -2.14. The third kappa shape index (κ3) is 3.10. The van der Waals surface area contributed by atoms with Crippen molar-refractivity contribution in [3.63, 3.8) is 0 Å². The van der Waals surface area contributed by atoms with Crippen molar-refractivity contribution in [2.24, 2.45) is 0 Å². The molecule has 0 aliphatic heterocycles. The molecule has 0 fully saturated rings. The SMILES string of the molecule is [CH3][AlH][CH2]C(=O)C(c1ccccc1)c1ccccc1. The number of benzene rings is 2. The van der Waals surface area contributed by atoms with Gasteiger partial charge in [0.2, 0.25) is 15.2 Å². The molecular weight excluding hydrogens is 235 g/mol. The highest BCUT2D eigenvalue weighted by molar-refractivity contribution is 6.40. The van der Waals surface area contributed by atoms with E-state index in [1.807, 2.05) is 60.7 Å². The summed E-state index contributed by atoms with van der Waals surface area (Å²) < 4.78 is 0. The number of carbonyl (C=O) groups is 1. The molecule has 0 spiro atoms. The number of carbonyl (C=O) groups excluding carboxylic acids is 1. The lowest BCUT2D eigenvalue weighted by atomic mass is 9.88. The fourth-order valence-electron chi connectivity index (χ4n) is 2.25. The van der Waals surface area contributed by atoms with Crippen LogP contribution in [-0.4, -0.2) is 21.0 Å². The van der Waals surface area contributed by atoms with Crippen molar-refractivity contribution in [1.82, 2.24) is 0 Å². The minimum absolute atomic E-state index is 0.0835. The molecule has 0 bridgehead atoms. The Bertz CT molecular complexity index is 454. The van der Waals surface area contributed by atoms with Gasteiger partial charge in [-0.15, -0.1) is 5.79 Å². The van der Waals surface area contributed by atoms with Crippen LogP contribution in [0, 0.1) is 0 Å². The highest BCUT2D eigenvalue weighted by Crippen LogP contribution is 2.26. The number of rotatable bonds is 5. The summed E-state index contributed by atoms with van der Waals surface area (Å²) in [6.07, 6.45) is 0. The molecule has 0 aliphatic rings. The van der Waals surface area contributed by atoms with E-state index in [1.165, 1.54) is 0 Å². The smallest absolute Gasteiger partial charge is 0.244 e. The molecule has 0 saturated heterocycles. The summed E-state index contributed by atoms with van der Waals surface area (Å²) in [5.41, 5.74) is 2.22. The molecule has 0 aliphatic carbocycles. The molecule has 0 radical (unpaired) electrons. The molecule has 1 nitrogen and oxygen atoms in total. The van der Waals surface area contributed by atoms with Crippen molar-refractivity contribution in [2.75, 3.05) is 0 Å². The van der Waals surface area contributed by atoms with Gasteiger partial charge in [-0.1, -0.05) is 60.7 Å². The molecule has 2 aromatic rings. The van der Waals surface area contributed by atoms with E-state index in [-0.39, 0.29) is 21.1 Å². The van der Waals surface area contributed by atoms with E-state index in [1.54, 1.807) is 0 Å². The van der Waals surface area contributed by atoms with Gasteiger partial charge in [-0.3, -0.25) is 0 Å². The maximum absolute atomic E-state index is 12.4. The zero-order chi connectivity index (χ0) is 12.8. The second-order valence-corrected chi connectivity index (χ2v) is 5.97. The first-order chi connectivity index (χ1) is 8.83. The molecule has 18 heavy (non-hydrogen) atoms. The molecule has 2 rings (SSSR count). The van der Waals surface area contributed by atoms with Gasteiger partial charge in [0.15, 0.2) is 0 Å². The Labute approximate surface area is 115 Å². The van der Waals surface area contributed by atoms with Gasteiger partial charge in [0.25, 0.3) is 0 Å². The predicted molar refractivity (Wildman–Crippen MR) is 77.6 cm³/mol. The van der Waals surface area contributed by atoms with Gasteiger partial charge in [0.1, 0.15) is 5.78 Å². The number of ketones is 1. The zero-order valence-corrected chi connectivity index (χ0v) is 12.1. The van der Waals surface area contributed by atoms with E-state index in [2.05, 4.69) is 5.79 Å². The Morgan fingerprint density at radius 2 is 1.39 bits per heavy atom. The largest absolute Gasteiger partial charge is 0.300 e. The van der Waals surface area contributed by atoms with Crippen molar-refractivity contribution in [3.05, 3.63) is 71.8 Å². The first-order valence-corrected chi connectivity index (χ1v) is 8.87. The van der Waals surface area contributed by atoms with Crippen molar-refractivity contribution in [3.8, 4) is 0 Å². The van der Waals surface area contributed by atoms with Crippen LogP contribution in [0.1, 0.15) is 17.0 Å². The third-order valence-electron chi connectivity index (χ3n) is 3.08. The molecule has 0 heterocycles. The normalized spacial score (nSPS) is 10.3. The minimum Gasteiger partial charge on any atom is -0.300 e. The molecule has 0 amide bonds. The van der Waals surface area contributed by atoms with Crippen LogP contribution in [0.4, 0.5) is 0 Å². The third-order valence-corrected chi connectivity index (χ3v) is 4.08. The Balaban J connectivity index is 2.38. The molecule has 90 valence electrons. The summed E-state index contributed by atoms with van der Waals surface area (Å²) in [6, 6.07) is 20.2. The van der Waals surface area contributed by atoms with Crippen LogP contribution in [0.2, 0.25) is 11.1 Å². The maximum Gasteiger partial charge on any atom is 0.244 e. The van der Waals surface area contributed by atoms with Gasteiger partial charge in [-0.25, -0.2) is 0 Å². The van der Waals surface area contributed by atoms with E-state index in [0.717, 1.165) is 16.4 Å². The molecule has 2 heteroatoms. The lowest BCUT2D eigenvalue weighted by molar-refractivity contribution is -0.117. The van der Waals surface area contributed by atoms with E-state index in [9.17, 15) is 4.79 Å². The highest BCUT2D eigenvalue weighted by Gasteiger charge is 2.21. The van der Waals surface area contributed by atoms with Gasteiger partial charge >= 0.3 is 0 Å². The van der Waals surface area contributed by atoms with E-state index >= 15 is 0 Å². The lowest BCUT2D eigenvalue weighted by Gasteiger charge is -2.16. The Kier molecular flexibility index (Phi) is 4.75. The average molecular weight is 252 g/mol. The average Bonchev–Trinajstić information content (AvgIpc) is 2.42. The standard InChI is InChI=1S/C15H13O.CH3.Al.H/c1-12(16)15(13-8-4-2-5-9-13)14-10-6-3-7-11-14;;;/h2-11,15H,1H2;1H3;;. The van der Waals surface area contributed by atoms with Crippen LogP contribution < -0.4 is 0 Å².